The summed E-state index contributed by atoms with van der Waals surface area (Å²) in [6.07, 6.45) is 0. The summed E-state index contributed by atoms with van der Waals surface area (Å²) in [4.78, 5) is 0. The molecule has 1 heterocycles. The highest BCUT2D eigenvalue weighted by Gasteiger charge is 2.29. The lowest BCUT2D eigenvalue weighted by atomic mass is 9.80. The molecule has 1 aliphatic heterocycles. The van der Waals surface area contributed by atoms with Crippen LogP contribution in [0.1, 0.15) is 0 Å². The Kier molecular flexibility index (Phi) is 2.61. The third-order valence-corrected chi connectivity index (χ3v) is 2.23. The molecule has 1 aromatic rings. The summed E-state index contributed by atoms with van der Waals surface area (Å²) < 4.78 is 52.9. The van der Waals surface area contributed by atoms with E-state index in [1.165, 1.54) is 7.11 Å². The lowest BCUT2D eigenvalue weighted by molar-refractivity contribution is 0.165. The number of halogens is 3. The van der Waals surface area contributed by atoms with E-state index < -0.39 is 12.4 Å². The number of methoxy groups -OCH3 is 1. The normalized spacial score (nSPS) is 14.8. The number of benzene rings is 1. The Labute approximate surface area is 90.2 Å². The monoisotopic (exact) mass is 233 g/mol. The minimum absolute atomic E-state index is 0.0476. The quantitative estimate of drug-likeness (QED) is 0.724. The van der Waals surface area contributed by atoms with Crippen molar-refractivity contribution < 1.29 is 27.2 Å². The third kappa shape index (κ3) is 1.89. The molecule has 0 unspecified atom stereocenters. The number of rotatable bonds is 2. The largest absolute Gasteiger partial charge is 0.509 e. The maximum atomic E-state index is 12.6. The molecule has 0 radical (unpaired) electrons. The summed E-state index contributed by atoms with van der Waals surface area (Å²) >= 11 is 0. The highest BCUT2D eigenvalue weighted by Crippen LogP contribution is 2.38. The average Bonchev–Trinajstić information content (AvgIpc) is 2.26. The van der Waals surface area contributed by atoms with Gasteiger partial charge >= 0.3 is 6.98 Å². The maximum absolute atomic E-state index is 12.6. The van der Waals surface area contributed by atoms with Gasteiger partial charge in [0.05, 0.1) is 7.11 Å². The van der Waals surface area contributed by atoms with E-state index in [1.54, 1.807) is 0 Å². The molecule has 0 aromatic heterocycles. The predicted octanol–water partition coefficient (Wildman–Crippen LogP) is 1.52. The molecule has 0 bridgehead atoms. The van der Waals surface area contributed by atoms with Crippen LogP contribution in [0.2, 0.25) is 0 Å². The van der Waals surface area contributed by atoms with Crippen LogP contribution in [-0.2, 0) is 0 Å². The summed E-state index contributed by atoms with van der Waals surface area (Å²) in [5.41, 5.74) is -0.749. The van der Waals surface area contributed by atoms with Crippen molar-refractivity contribution in [3.05, 3.63) is 12.1 Å². The Hall–Kier alpha value is -1.53. The predicted molar refractivity (Wildman–Crippen MR) is 52.7 cm³/mol. The van der Waals surface area contributed by atoms with E-state index in [1.807, 2.05) is 0 Å². The Morgan fingerprint density at radius 1 is 1.19 bits per heavy atom. The molecule has 0 amide bonds. The van der Waals surface area contributed by atoms with Crippen molar-refractivity contribution in [2.75, 3.05) is 20.3 Å². The van der Waals surface area contributed by atoms with Crippen molar-refractivity contribution in [3.8, 4) is 17.2 Å². The van der Waals surface area contributed by atoms with Gasteiger partial charge in [-0.25, -0.2) is 0 Å². The zero-order chi connectivity index (χ0) is 11.8. The zero-order valence-electron chi connectivity index (χ0n) is 8.50. The summed E-state index contributed by atoms with van der Waals surface area (Å²) in [5, 5.41) is 0. The third-order valence-electron chi connectivity index (χ3n) is 2.23. The molecule has 1 aromatic carbocycles. The summed E-state index contributed by atoms with van der Waals surface area (Å²) in [6, 6.07) is 1.87. The summed E-state index contributed by atoms with van der Waals surface area (Å²) in [7, 11) is 1.29. The van der Waals surface area contributed by atoms with Gasteiger partial charge in [0.15, 0.2) is 11.5 Å². The molecule has 7 heteroatoms. The second-order valence-electron chi connectivity index (χ2n) is 3.32. The lowest BCUT2D eigenvalue weighted by Gasteiger charge is -2.24. The fourth-order valence-corrected chi connectivity index (χ4v) is 1.48. The van der Waals surface area contributed by atoms with Gasteiger partial charge in [0.1, 0.15) is 13.2 Å². The van der Waals surface area contributed by atoms with Gasteiger partial charge < -0.3 is 27.2 Å². The van der Waals surface area contributed by atoms with Crippen molar-refractivity contribution in [2.45, 2.75) is 0 Å². The summed E-state index contributed by atoms with van der Waals surface area (Å²) in [6.45, 7) is -4.52. The van der Waals surface area contributed by atoms with E-state index >= 15 is 0 Å². The van der Waals surface area contributed by atoms with Crippen molar-refractivity contribution in [2.24, 2.45) is 0 Å². The Morgan fingerprint density at radius 3 is 2.50 bits per heavy atom. The van der Waals surface area contributed by atoms with E-state index in [0.717, 1.165) is 12.1 Å². The molecule has 88 valence electrons. The first-order valence-electron chi connectivity index (χ1n) is 4.70. The smallest absolute Gasteiger partial charge is 0.493 e. The zero-order valence-corrected chi connectivity index (χ0v) is 8.50. The first kappa shape index (κ1) is 11.0. The van der Waals surface area contributed by atoms with Crippen molar-refractivity contribution in [1.29, 1.82) is 0 Å². The van der Waals surface area contributed by atoms with Crippen LogP contribution < -0.4 is 19.7 Å². The van der Waals surface area contributed by atoms with E-state index in [2.05, 4.69) is 0 Å². The van der Waals surface area contributed by atoms with Gasteiger partial charge in [-0.1, -0.05) is 0 Å². The first-order valence-corrected chi connectivity index (χ1v) is 4.70. The molecule has 0 fully saturated rings. The first-order chi connectivity index (χ1) is 7.52. The van der Waals surface area contributed by atoms with Gasteiger partial charge in [0, 0.05) is 0 Å². The molecule has 3 nitrogen and oxygen atoms in total. The Bertz CT molecular complexity index is 388. The number of ether oxygens (including phenoxy) is 3. The van der Waals surface area contributed by atoms with Crippen molar-refractivity contribution >= 4 is 12.4 Å². The van der Waals surface area contributed by atoms with E-state index in [-0.39, 0.29) is 23.9 Å². The van der Waals surface area contributed by atoms with Crippen LogP contribution in [0.4, 0.5) is 12.9 Å². The van der Waals surface area contributed by atoms with Crippen LogP contribution in [-0.4, -0.2) is 27.3 Å². The molecule has 2 rings (SSSR count). The second-order valence-corrected chi connectivity index (χ2v) is 3.32. The average molecular weight is 233 g/mol. The van der Waals surface area contributed by atoms with Crippen LogP contribution >= 0.6 is 0 Å². The van der Waals surface area contributed by atoms with Crippen LogP contribution in [0.15, 0.2) is 12.1 Å². The van der Waals surface area contributed by atoms with Gasteiger partial charge in [0.2, 0.25) is 5.75 Å². The highest BCUT2D eigenvalue weighted by atomic mass is 19.4. The molecule has 0 N–H and O–H groups in total. The molecule has 1 aliphatic rings. The molecule has 0 saturated heterocycles. The van der Waals surface area contributed by atoms with Gasteiger partial charge in [-0.05, 0) is 12.1 Å². The van der Waals surface area contributed by atoms with Crippen LogP contribution in [0, 0.1) is 0 Å². The fourth-order valence-electron chi connectivity index (χ4n) is 1.48. The Balaban J connectivity index is 2.52. The van der Waals surface area contributed by atoms with Gasteiger partial charge in [-0.2, -0.15) is 0 Å². The van der Waals surface area contributed by atoms with Crippen LogP contribution in [0.3, 0.4) is 0 Å². The van der Waals surface area contributed by atoms with Crippen LogP contribution in [0.25, 0.3) is 0 Å². The standard InChI is InChI=1S/C9H9BF3O3/c1-14-7-4-6(10(11,12)13)5-8-9(7)16-3-2-15-8/h4-5H,2-3H2,1H3/q-1. The number of hydrogen-bond acceptors (Lipinski definition) is 3. The van der Waals surface area contributed by atoms with Gasteiger partial charge in [0.25, 0.3) is 0 Å². The van der Waals surface area contributed by atoms with E-state index in [9.17, 15) is 12.9 Å². The van der Waals surface area contributed by atoms with Crippen LogP contribution in [0.5, 0.6) is 17.2 Å². The molecule has 0 aliphatic carbocycles. The van der Waals surface area contributed by atoms with Gasteiger partial charge in [-0.15, -0.1) is 5.46 Å². The Morgan fingerprint density at radius 2 is 1.88 bits per heavy atom. The van der Waals surface area contributed by atoms with Crippen molar-refractivity contribution in [1.82, 2.24) is 0 Å². The molecular formula is C9H9BF3O3-. The second kappa shape index (κ2) is 3.81. The van der Waals surface area contributed by atoms with Gasteiger partial charge in [-0.3, -0.25) is 0 Å². The minimum Gasteiger partial charge on any atom is -0.493 e. The minimum atomic E-state index is -5.07. The topological polar surface area (TPSA) is 27.7 Å². The molecular weight excluding hydrogens is 224 g/mol. The fraction of sp³-hybridized carbons (Fsp3) is 0.333. The molecule has 0 atom stereocenters. The number of hydrogen-bond donors (Lipinski definition) is 0. The maximum Gasteiger partial charge on any atom is 0.509 e. The molecule has 0 saturated carbocycles. The van der Waals surface area contributed by atoms with E-state index in [4.69, 9.17) is 14.2 Å². The number of fused-ring (bicyclic) bond motifs is 1. The SMILES string of the molecule is COc1cc([B-](F)(F)F)cc2c1OCCO2. The highest BCUT2D eigenvalue weighted by molar-refractivity contribution is 6.73. The molecule has 0 spiro atoms. The lowest BCUT2D eigenvalue weighted by Crippen LogP contribution is -2.34. The molecule has 16 heavy (non-hydrogen) atoms. The van der Waals surface area contributed by atoms with E-state index in [0.29, 0.717) is 6.61 Å². The van der Waals surface area contributed by atoms with Crippen molar-refractivity contribution in [3.63, 3.8) is 0 Å². The summed E-state index contributed by atoms with van der Waals surface area (Å²) in [5.74, 6) is 0.365.